The van der Waals surface area contributed by atoms with Gasteiger partial charge in [0.05, 0.1) is 17.4 Å². The zero-order chi connectivity index (χ0) is 25.8. The highest BCUT2D eigenvalue weighted by Crippen LogP contribution is 2.28. The molecule has 0 saturated carbocycles. The summed E-state index contributed by atoms with van der Waals surface area (Å²) < 4.78 is 13.3. The van der Waals surface area contributed by atoms with E-state index in [0.717, 1.165) is 42.2 Å². The van der Waals surface area contributed by atoms with Gasteiger partial charge in [0.1, 0.15) is 11.7 Å². The molecule has 7 heteroatoms. The predicted octanol–water partition coefficient (Wildman–Crippen LogP) is 5.52. The number of amidine groups is 1. The highest BCUT2D eigenvalue weighted by Gasteiger charge is 2.24. The Bertz CT molecular complexity index is 1230. The number of nitrogens with two attached hydrogens (primary N) is 1. The van der Waals surface area contributed by atoms with Gasteiger partial charge in [0.15, 0.2) is 0 Å². The van der Waals surface area contributed by atoms with Crippen molar-refractivity contribution in [3.63, 3.8) is 0 Å². The van der Waals surface area contributed by atoms with Crippen molar-refractivity contribution in [3.8, 4) is 11.1 Å². The lowest BCUT2D eigenvalue weighted by Crippen LogP contribution is -2.29. The molecule has 1 aliphatic heterocycles. The van der Waals surface area contributed by atoms with Crippen LogP contribution < -0.4 is 16.0 Å². The molecule has 1 saturated heterocycles. The van der Waals surface area contributed by atoms with Gasteiger partial charge in [-0.15, -0.1) is 0 Å². The van der Waals surface area contributed by atoms with Crippen LogP contribution in [0.15, 0.2) is 71.7 Å². The minimum atomic E-state index is -0.294. The summed E-state index contributed by atoms with van der Waals surface area (Å²) in [5, 5.41) is 2.91. The SMILES string of the molecule is CC(C)C(=N[C@H]1CCN(c2ccc(C(=O)Nc3cc(-c4ccc(F)cc4)ccc3N)cc2)C1)N(C)C. The highest BCUT2D eigenvalue weighted by atomic mass is 19.1. The minimum Gasteiger partial charge on any atom is -0.397 e. The largest absolute Gasteiger partial charge is 0.397 e. The van der Waals surface area contributed by atoms with Crippen LogP contribution in [0.2, 0.25) is 0 Å². The van der Waals surface area contributed by atoms with E-state index in [-0.39, 0.29) is 17.8 Å². The molecule has 1 aliphatic rings. The third-order valence-electron chi connectivity index (χ3n) is 6.43. The molecule has 3 aromatic rings. The Labute approximate surface area is 212 Å². The lowest BCUT2D eigenvalue weighted by Gasteiger charge is -2.22. The second-order valence-corrected chi connectivity index (χ2v) is 9.73. The number of nitrogen functional groups attached to an aromatic ring is 1. The Morgan fingerprint density at radius 3 is 2.36 bits per heavy atom. The van der Waals surface area contributed by atoms with Crippen LogP contribution in [0, 0.1) is 11.7 Å². The first-order valence-electron chi connectivity index (χ1n) is 12.3. The zero-order valence-electron chi connectivity index (χ0n) is 21.3. The van der Waals surface area contributed by atoms with E-state index in [1.807, 2.05) is 44.4 Å². The lowest BCUT2D eigenvalue weighted by molar-refractivity contribution is 0.102. The van der Waals surface area contributed by atoms with E-state index in [1.54, 1.807) is 24.3 Å². The van der Waals surface area contributed by atoms with Crippen molar-refractivity contribution >= 4 is 28.8 Å². The average molecular weight is 488 g/mol. The first-order valence-corrected chi connectivity index (χ1v) is 12.3. The molecule has 1 amide bonds. The second-order valence-electron chi connectivity index (χ2n) is 9.73. The average Bonchev–Trinajstić information content (AvgIpc) is 3.33. The van der Waals surface area contributed by atoms with Crippen molar-refractivity contribution in [2.24, 2.45) is 10.9 Å². The van der Waals surface area contributed by atoms with Crippen LogP contribution in [-0.4, -0.2) is 49.9 Å². The number of halogens is 1. The Hall–Kier alpha value is -3.87. The molecule has 0 spiro atoms. The van der Waals surface area contributed by atoms with Crippen LogP contribution in [0.1, 0.15) is 30.6 Å². The Morgan fingerprint density at radius 1 is 1.06 bits per heavy atom. The normalized spacial score (nSPS) is 15.9. The van der Waals surface area contributed by atoms with Gasteiger partial charge in [-0.2, -0.15) is 0 Å². The maximum atomic E-state index is 13.3. The fourth-order valence-corrected chi connectivity index (χ4v) is 4.55. The molecule has 0 aliphatic carbocycles. The van der Waals surface area contributed by atoms with Crippen LogP contribution in [-0.2, 0) is 0 Å². The number of carbonyl (C=O) groups excluding carboxylic acids is 1. The monoisotopic (exact) mass is 487 g/mol. The minimum absolute atomic E-state index is 0.235. The molecular weight excluding hydrogens is 453 g/mol. The highest BCUT2D eigenvalue weighted by molar-refractivity contribution is 6.06. The van der Waals surface area contributed by atoms with Crippen molar-refractivity contribution in [2.45, 2.75) is 26.3 Å². The molecule has 0 aromatic heterocycles. The molecule has 0 bridgehead atoms. The van der Waals surface area contributed by atoms with Crippen LogP contribution in [0.25, 0.3) is 11.1 Å². The third-order valence-corrected chi connectivity index (χ3v) is 6.43. The fourth-order valence-electron chi connectivity index (χ4n) is 4.55. The standard InChI is InChI=1S/C29H34FN5O/c1-19(2)28(34(3)4)32-24-15-16-35(18-24)25-12-7-21(8-13-25)29(36)33-27-17-22(9-14-26(27)31)20-5-10-23(30)11-6-20/h5-14,17,19,24H,15-16,18,31H2,1-4H3,(H,33,36)/t24-/m0/s1. The van der Waals surface area contributed by atoms with E-state index in [1.165, 1.54) is 12.1 Å². The number of carbonyl (C=O) groups is 1. The van der Waals surface area contributed by atoms with Crippen LogP contribution >= 0.6 is 0 Å². The second kappa shape index (κ2) is 10.8. The summed E-state index contributed by atoms with van der Waals surface area (Å²) >= 11 is 0. The van der Waals surface area contributed by atoms with Gasteiger partial charge in [0.2, 0.25) is 0 Å². The van der Waals surface area contributed by atoms with Gasteiger partial charge < -0.3 is 20.9 Å². The van der Waals surface area contributed by atoms with E-state index in [2.05, 4.69) is 29.0 Å². The Kier molecular flexibility index (Phi) is 7.58. The maximum Gasteiger partial charge on any atom is 0.255 e. The molecule has 1 heterocycles. The quantitative estimate of drug-likeness (QED) is 0.273. The van der Waals surface area contributed by atoms with Gasteiger partial charge in [-0.05, 0) is 66.1 Å². The van der Waals surface area contributed by atoms with Crippen LogP contribution in [0.4, 0.5) is 21.5 Å². The number of nitrogens with one attached hydrogen (secondary N) is 1. The van der Waals surface area contributed by atoms with E-state index >= 15 is 0 Å². The fraction of sp³-hybridized carbons (Fsp3) is 0.310. The third kappa shape index (κ3) is 5.85. The zero-order valence-corrected chi connectivity index (χ0v) is 21.3. The molecule has 3 N–H and O–H groups in total. The predicted molar refractivity (Wildman–Crippen MR) is 147 cm³/mol. The molecular formula is C29H34FN5O. The van der Waals surface area contributed by atoms with Crippen molar-refractivity contribution in [3.05, 3.63) is 78.1 Å². The molecule has 1 fully saturated rings. The number of rotatable bonds is 6. The maximum absolute atomic E-state index is 13.3. The van der Waals surface area contributed by atoms with Crippen LogP contribution in [0.3, 0.4) is 0 Å². The molecule has 188 valence electrons. The number of anilines is 3. The van der Waals surface area contributed by atoms with Gasteiger partial charge in [0.25, 0.3) is 5.91 Å². The van der Waals surface area contributed by atoms with Gasteiger partial charge in [-0.3, -0.25) is 9.79 Å². The molecule has 4 rings (SSSR count). The topological polar surface area (TPSA) is 74.0 Å². The molecule has 36 heavy (non-hydrogen) atoms. The summed E-state index contributed by atoms with van der Waals surface area (Å²) in [6.45, 7) is 6.14. The number of nitrogens with zero attached hydrogens (tertiary/aromatic N) is 3. The number of aliphatic imine (C=N–C) groups is 1. The number of amides is 1. The molecule has 0 unspecified atom stereocenters. The van der Waals surface area contributed by atoms with E-state index in [9.17, 15) is 9.18 Å². The first-order chi connectivity index (χ1) is 17.2. The lowest BCUT2D eigenvalue weighted by atomic mass is 10.0. The summed E-state index contributed by atoms with van der Waals surface area (Å²) in [6, 6.07) is 19.5. The molecule has 1 atom stereocenters. The van der Waals surface area contributed by atoms with E-state index in [4.69, 9.17) is 10.7 Å². The van der Waals surface area contributed by atoms with Crippen molar-refractivity contribution in [1.82, 2.24) is 4.90 Å². The van der Waals surface area contributed by atoms with Crippen molar-refractivity contribution < 1.29 is 9.18 Å². The summed E-state index contributed by atoms with van der Waals surface area (Å²) in [4.78, 5) is 22.3. The van der Waals surface area contributed by atoms with Gasteiger partial charge >= 0.3 is 0 Å². The number of benzene rings is 3. The summed E-state index contributed by atoms with van der Waals surface area (Å²) in [7, 11) is 4.09. The summed E-state index contributed by atoms with van der Waals surface area (Å²) in [5.74, 6) is 0.979. The van der Waals surface area contributed by atoms with Crippen molar-refractivity contribution in [2.75, 3.05) is 43.1 Å². The van der Waals surface area contributed by atoms with Gasteiger partial charge in [-0.1, -0.05) is 32.0 Å². The van der Waals surface area contributed by atoms with E-state index < -0.39 is 0 Å². The van der Waals surface area contributed by atoms with Gasteiger partial charge in [0, 0.05) is 44.4 Å². The molecule has 6 nitrogen and oxygen atoms in total. The Balaban J connectivity index is 1.43. The van der Waals surface area contributed by atoms with E-state index in [0.29, 0.717) is 22.9 Å². The van der Waals surface area contributed by atoms with Gasteiger partial charge in [-0.25, -0.2) is 4.39 Å². The molecule has 0 radical (unpaired) electrons. The number of hydrogen-bond acceptors (Lipinski definition) is 4. The first kappa shape index (κ1) is 25.2. The van der Waals surface area contributed by atoms with Crippen molar-refractivity contribution in [1.29, 1.82) is 0 Å². The smallest absolute Gasteiger partial charge is 0.255 e. The summed E-state index contributed by atoms with van der Waals surface area (Å²) in [5.41, 5.74) is 10.4. The van der Waals surface area contributed by atoms with Crippen LogP contribution in [0.5, 0.6) is 0 Å². The summed E-state index contributed by atoms with van der Waals surface area (Å²) in [6.07, 6.45) is 1.01. The number of hydrogen-bond donors (Lipinski definition) is 2. The Morgan fingerprint density at radius 2 is 1.72 bits per heavy atom. The molecule has 3 aromatic carbocycles.